The summed E-state index contributed by atoms with van der Waals surface area (Å²) in [5.41, 5.74) is 4.40. The molecule has 1 saturated heterocycles. The second-order valence-electron chi connectivity index (χ2n) is 9.88. The predicted molar refractivity (Wildman–Crippen MR) is 152 cm³/mol. The molecule has 0 aromatic heterocycles. The number of aryl methyl sites for hydroxylation is 1. The molecule has 2 N–H and O–H groups in total. The molecule has 6 heteroatoms. The van der Waals surface area contributed by atoms with Crippen LogP contribution in [0.3, 0.4) is 0 Å². The Morgan fingerprint density at radius 3 is 1.53 bits per heavy atom. The maximum atomic E-state index is 10.5. The van der Waals surface area contributed by atoms with E-state index in [4.69, 9.17) is 4.55 Å². The molecule has 38 heavy (non-hydrogen) atoms. The van der Waals surface area contributed by atoms with Crippen molar-refractivity contribution in [3.05, 3.63) is 138 Å². The highest BCUT2D eigenvalue weighted by molar-refractivity contribution is 7.85. The second kappa shape index (κ2) is 12.0. The van der Waals surface area contributed by atoms with E-state index in [0.717, 1.165) is 25.1 Å². The molecule has 5 nitrogen and oxygen atoms in total. The van der Waals surface area contributed by atoms with Gasteiger partial charge in [-0.3, -0.25) is 9.45 Å². The minimum absolute atomic E-state index is 0.0666. The van der Waals surface area contributed by atoms with Crippen LogP contribution in [0.15, 0.2) is 120 Å². The molecule has 4 aromatic rings. The van der Waals surface area contributed by atoms with E-state index in [1.165, 1.54) is 28.8 Å². The van der Waals surface area contributed by atoms with Gasteiger partial charge in [-0.2, -0.15) is 8.42 Å². The van der Waals surface area contributed by atoms with Gasteiger partial charge in [-0.15, -0.1) is 0 Å². The van der Waals surface area contributed by atoms with Crippen LogP contribution in [0.1, 0.15) is 35.6 Å². The molecular weight excluding hydrogens is 494 g/mol. The van der Waals surface area contributed by atoms with Crippen LogP contribution in [-0.4, -0.2) is 42.2 Å². The fourth-order valence-electron chi connectivity index (χ4n) is 5.23. The number of aliphatic hydroxyl groups excluding tert-OH is 1. The van der Waals surface area contributed by atoms with Crippen LogP contribution in [0.25, 0.3) is 0 Å². The third-order valence-electron chi connectivity index (χ3n) is 7.23. The minimum atomic E-state index is -4.02. The highest BCUT2D eigenvalue weighted by Gasteiger charge is 2.44. The Morgan fingerprint density at radius 2 is 1.16 bits per heavy atom. The van der Waals surface area contributed by atoms with Crippen molar-refractivity contribution < 1.29 is 18.1 Å². The van der Waals surface area contributed by atoms with E-state index in [1.54, 1.807) is 12.1 Å². The Morgan fingerprint density at radius 1 is 0.737 bits per heavy atom. The Hall–Kier alpha value is -3.29. The Kier molecular flexibility index (Phi) is 8.80. The molecule has 0 aliphatic carbocycles. The molecule has 4 aromatic carbocycles. The van der Waals surface area contributed by atoms with Gasteiger partial charge in [-0.05, 0) is 48.1 Å². The maximum Gasteiger partial charge on any atom is 0.294 e. The van der Waals surface area contributed by atoms with Gasteiger partial charge in [-0.1, -0.05) is 116 Å². The number of piperidine rings is 1. The first-order valence-corrected chi connectivity index (χ1v) is 14.3. The molecule has 1 heterocycles. The quantitative estimate of drug-likeness (QED) is 0.248. The molecule has 0 amide bonds. The van der Waals surface area contributed by atoms with Crippen LogP contribution >= 0.6 is 0 Å². The molecule has 0 radical (unpaired) electrons. The van der Waals surface area contributed by atoms with Crippen molar-refractivity contribution in [1.29, 1.82) is 0 Å². The maximum absolute atomic E-state index is 10.5. The van der Waals surface area contributed by atoms with Crippen molar-refractivity contribution in [2.45, 2.75) is 36.8 Å². The Balaban J connectivity index is 0.000000257. The summed E-state index contributed by atoms with van der Waals surface area (Å²) < 4.78 is 29.6. The largest absolute Gasteiger partial charge is 0.393 e. The minimum Gasteiger partial charge on any atom is -0.393 e. The van der Waals surface area contributed by atoms with E-state index in [9.17, 15) is 13.5 Å². The predicted octanol–water partition coefficient (Wildman–Crippen LogP) is 5.92. The van der Waals surface area contributed by atoms with E-state index in [1.807, 2.05) is 6.92 Å². The summed E-state index contributed by atoms with van der Waals surface area (Å²) in [6.07, 6.45) is 0.580. The number of benzene rings is 4. The van der Waals surface area contributed by atoms with Crippen LogP contribution < -0.4 is 0 Å². The van der Waals surface area contributed by atoms with Crippen LogP contribution in [0.4, 0.5) is 0 Å². The number of rotatable bonds is 5. The summed E-state index contributed by atoms with van der Waals surface area (Å²) in [4.78, 5) is 2.49. The molecule has 1 fully saturated rings. The van der Waals surface area contributed by atoms with E-state index in [0.29, 0.717) is 0 Å². The summed E-state index contributed by atoms with van der Waals surface area (Å²) in [5, 5.41) is 10.3. The fraction of sp³-hybridized carbons (Fsp3) is 0.250. The molecule has 0 bridgehead atoms. The smallest absolute Gasteiger partial charge is 0.294 e. The van der Waals surface area contributed by atoms with Gasteiger partial charge in [0.15, 0.2) is 0 Å². The average Bonchev–Trinajstić information content (AvgIpc) is 2.93. The summed E-state index contributed by atoms with van der Waals surface area (Å²) in [5.74, 6) is 0.245. The van der Waals surface area contributed by atoms with Crippen molar-refractivity contribution in [2.75, 3.05) is 13.1 Å². The SMILES string of the molecule is CC1CN(C(c2ccccc2)(c2ccccc2)c2ccccc2)CCC1O.Cc1ccc(S(=O)(=O)O)cc1. The lowest BCUT2D eigenvalue weighted by Crippen LogP contribution is -2.54. The van der Waals surface area contributed by atoms with Gasteiger partial charge in [0.1, 0.15) is 0 Å². The molecule has 2 atom stereocenters. The van der Waals surface area contributed by atoms with Crippen molar-refractivity contribution in [1.82, 2.24) is 4.90 Å². The molecular formula is C32H35NO4S. The topological polar surface area (TPSA) is 77.8 Å². The summed E-state index contributed by atoms with van der Waals surface area (Å²) in [6, 6.07) is 38.3. The summed E-state index contributed by atoms with van der Waals surface area (Å²) >= 11 is 0. The van der Waals surface area contributed by atoms with E-state index in [2.05, 4.69) is 103 Å². The lowest BCUT2D eigenvalue weighted by Gasteiger charge is -2.49. The number of hydrogen-bond donors (Lipinski definition) is 2. The van der Waals surface area contributed by atoms with Crippen molar-refractivity contribution in [2.24, 2.45) is 5.92 Å². The highest BCUT2D eigenvalue weighted by atomic mass is 32.2. The molecule has 5 rings (SSSR count). The Bertz CT molecular complexity index is 1300. The van der Waals surface area contributed by atoms with Crippen LogP contribution in [0.2, 0.25) is 0 Å². The third kappa shape index (κ3) is 6.05. The molecule has 198 valence electrons. The van der Waals surface area contributed by atoms with Gasteiger partial charge in [0.2, 0.25) is 0 Å². The van der Waals surface area contributed by atoms with E-state index >= 15 is 0 Å². The lowest BCUT2D eigenvalue weighted by atomic mass is 9.74. The van der Waals surface area contributed by atoms with Crippen molar-refractivity contribution >= 4 is 10.1 Å². The van der Waals surface area contributed by atoms with Gasteiger partial charge < -0.3 is 5.11 Å². The highest BCUT2D eigenvalue weighted by Crippen LogP contribution is 2.44. The number of nitrogens with zero attached hydrogens (tertiary/aromatic N) is 1. The molecule has 2 unspecified atom stereocenters. The Labute approximate surface area is 226 Å². The van der Waals surface area contributed by atoms with Crippen molar-refractivity contribution in [3.63, 3.8) is 0 Å². The van der Waals surface area contributed by atoms with Gasteiger partial charge in [0.25, 0.3) is 10.1 Å². The monoisotopic (exact) mass is 529 g/mol. The number of hydrogen-bond acceptors (Lipinski definition) is 4. The summed E-state index contributed by atoms with van der Waals surface area (Å²) in [7, 11) is -4.02. The summed E-state index contributed by atoms with van der Waals surface area (Å²) in [6.45, 7) is 5.72. The third-order valence-corrected chi connectivity index (χ3v) is 8.10. The van der Waals surface area contributed by atoms with E-state index < -0.39 is 10.1 Å². The molecule has 1 aliphatic rings. The standard InChI is InChI=1S/C25H27NO.C7H8O3S/c1-20-19-26(18-17-24(20)27)25(21-11-5-2-6-12-21,22-13-7-3-8-14-22)23-15-9-4-10-16-23;1-6-2-4-7(5-3-6)11(8,9)10/h2-16,20,24,27H,17-19H2,1H3;2-5H,1H3,(H,8,9,10). The first kappa shape index (κ1) is 27.7. The molecule has 1 aliphatic heterocycles. The zero-order valence-electron chi connectivity index (χ0n) is 21.8. The zero-order valence-corrected chi connectivity index (χ0v) is 22.6. The van der Waals surface area contributed by atoms with Gasteiger partial charge >= 0.3 is 0 Å². The average molecular weight is 530 g/mol. The van der Waals surface area contributed by atoms with Crippen molar-refractivity contribution in [3.8, 4) is 0 Å². The second-order valence-corrected chi connectivity index (χ2v) is 11.3. The number of aliphatic hydroxyl groups is 1. The number of likely N-dealkylation sites (tertiary alicyclic amines) is 1. The normalized spacial score (nSPS) is 18.3. The lowest BCUT2D eigenvalue weighted by molar-refractivity contribution is 0.00424. The zero-order chi connectivity index (χ0) is 27.2. The van der Waals surface area contributed by atoms with Crippen LogP contribution in [0, 0.1) is 12.8 Å². The van der Waals surface area contributed by atoms with Gasteiger partial charge in [0.05, 0.1) is 16.5 Å². The van der Waals surface area contributed by atoms with Crippen LogP contribution in [-0.2, 0) is 15.7 Å². The van der Waals surface area contributed by atoms with Gasteiger partial charge in [-0.25, -0.2) is 0 Å². The molecule has 0 saturated carbocycles. The van der Waals surface area contributed by atoms with E-state index in [-0.39, 0.29) is 22.5 Å². The first-order valence-electron chi connectivity index (χ1n) is 12.9. The molecule has 0 spiro atoms. The van der Waals surface area contributed by atoms with Gasteiger partial charge in [0, 0.05) is 13.1 Å². The van der Waals surface area contributed by atoms with Crippen LogP contribution in [0.5, 0.6) is 0 Å². The first-order chi connectivity index (χ1) is 18.2. The fourth-order valence-corrected chi connectivity index (χ4v) is 5.71.